The molecule has 0 aliphatic carbocycles. The first-order chi connectivity index (χ1) is 31.1. The molecule has 1 saturated heterocycles. The van der Waals surface area contributed by atoms with Crippen molar-refractivity contribution in [2.45, 2.75) is 45.2 Å². The van der Waals surface area contributed by atoms with Crippen molar-refractivity contribution in [1.82, 2.24) is 14.7 Å². The highest BCUT2D eigenvalue weighted by atomic mass is 16.5. The molecule has 0 bridgehead atoms. The molecule has 0 spiro atoms. The summed E-state index contributed by atoms with van der Waals surface area (Å²) in [4.78, 5) is 57.7. The van der Waals surface area contributed by atoms with Gasteiger partial charge >= 0.3 is 0 Å². The molecule has 64 heavy (non-hydrogen) atoms. The number of methoxy groups -OCH3 is 2. The first-order valence-electron chi connectivity index (χ1n) is 21.9. The van der Waals surface area contributed by atoms with Crippen molar-refractivity contribution in [2.24, 2.45) is 15.9 Å². The van der Waals surface area contributed by atoms with E-state index < -0.39 is 0 Å². The number of hydrogen-bond acceptors (Lipinski definition) is 11. The van der Waals surface area contributed by atoms with Gasteiger partial charge in [0.2, 0.25) is 5.91 Å². The highest BCUT2D eigenvalue weighted by Crippen LogP contribution is 2.42. The largest absolute Gasteiger partial charge is 0.493 e. The molecule has 330 valence electrons. The summed E-state index contributed by atoms with van der Waals surface area (Å²) in [6.45, 7) is 8.43. The number of hydrogen-bond donors (Lipinski definition) is 1. The van der Waals surface area contributed by atoms with E-state index in [4.69, 9.17) is 28.9 Å². The molecule has 1 fully saturated rings. The second-order valence-electron chi connectivity index (χ2n) is 17.0. The van der Waals surface area contributed by atoms with E-state index in [0.717, 1.165) is 54.1 Å². The first kappa shape index (κ1) is 42.4. The number of nitrogens with one attached hydrogen (secondary N) is 1. The Balaban J connectivity index is 0.809. The van der Waals surface area contributed by atoms with Gasteiger partial charge in [-0.25, -0.2) is 0 Å². The molecule has 4 aromatic carbocycles. The average molecular weight is 864 g/mol. The Morgan fingerprint density at radius 3 is 1.64 bits per heavy atom. The van der Waals surface area contributed by atoms with Crippen LogP contribution in [0, 0.1) is 5.92 Å². The highest BCUT2D eigenvalue weighted by molar-refractivity contribution is 6.06. The minimum Gasteiger partial charge on any atom is -0.493 e. The fourth-order valence-electron chi connectivity index (χ4n) is 8.57. The molecule has 5 aliphatic heterocycles. The lowest BCUT2D eigenvalue weighted by atomic mass is 10.0. The van der Waals surface area contributed by atoms with Crippen LogP contribution in [0.3, 0.4) is 0 Å². The van der Waals surface area contributed by atoms with Crippen LogP contribution in [0.4, 0.5) is 22.7 Å². The van der Waals surface area contributed by atoms with Gasteiger partial charge < -0.3 is 43.9 Å². The minimum absolute atomic E-state index is 0.0413. The molecule has 5 heterocycles. The van der Waals surface area contributed by atoms with E-state index >= 15 is 0 Å². The number of rotatable bonds is 13. The summed E-state index contributed by atoms with van der Waals surface area (Å²) in [6.07, 6.45) is 9.26. The Morgan fingerprint density at radius 2 is 1.17 bits per heavy atom. The number of fused-ring (bicyclic) bond motifs is 4. The number of nitrogens with zero attached hydrogens (tertiary/aromatic N) is 6. The average Bonchev–Trinajstić information content (AvgIpc) is 3.89. The van der Waals surface area contributed by atoms with Crippen LogP contribution in [0.15, 0.2) is 95.2 Å². The number of anilines is 2. The molecule has 4 aromatic rings. The van der Waals surface area contributed by atoms with Crippen LogP contribution >= 0.6 is 0 Å². The van der Waals surface area contributed by atoms with Crippen molar-refractivity contribution in [3.63, 3.8) is 0 Å². The molecule has 0 saturated carbocycles. The monoisotopic (exact) mass is 863 g/mol. The molecule has 0 unspecified atom stereocenters. The molecule has 9 rings (SSSR count). The fraction of sp³-hybridized carbons (Fsp3) is 0.340. The Kier molecular flexibility index (Phi) is 11.9. The maximum atomic E-state index is 14.0. The van der Waals surface area contributed by atoms with E-state index in [0.29, 0.717) is 78.0 Å². The number of piperazine rings is 1. The second kappa shape index (κ2) is 18.0. The molecule has 3 amide bonds. The molecule has 0 radical (unpaired) electrons. The molecule has 2 atom stereocenters. The lowest BCUT2D eigenvalue weighted by Crippen LogP contribution is -2.44. The minimum atomic E-state index is -0.251. The van der Waals surface area contributed by atoms with Gasteiger partial charge in [-0.15, -0.1) is 0 Å². The van der Waals surface area contributed by atoms with Crippen molar-refractivity contribution < 1.29 is 33.3 Å². The molecule has 14 heteroatoms. The van der Waals surface area contributed by atoms with E-state index in [-0.39, 0.29) is 35.7 Å². The zero-order valence-electron chi connectivity index (χ0n) is 36.9. The van der Waals surface area contributed by atoms with E-state index in [1.54, 1.807) is 47.4 Å². The van der Waals surface area contributed by atoms with Crippen LogP contribution in [-0.4, -0.2) is 118 Å². The topological polar surface area (TPSA) is 138 Å². The van der Waals surface area contributed by atoms with Gasteiger partial charge in [-0.1, -0.05) is 38.1 Å². The maximum absolute atomic E-state index is 14.0. The van der Waals surface area contributed by atoms with Crippen LogP contribution in [0.1, 0.15) is 65.0 Å². The normalized spacial score (nSPS) is 19.0. The Hall–Kier alpha value is -6.93. The van der Waals surface area contributed by atoms with Gasteiger partial charge in [0, 0.05) is 99.7 Å². The lowest BCUT2D eigenvalue weighted by molar-refractivity contribution is -0.118. The van der Waals surface area contributed by atoms with Gasteiger partial charge in [0.1, 0.15) is 0 Å². The van der Waals surface area contributed by atoms with Crippen LogP contribution in [0.5, 0.6) is 23.0 Å². The van der Waals surface area contributed by atoms with Gasteiger partial charge in [-0.05, 0) is 65.7 Å². The maximum Gasteiger partial charge on any atom is 0.260 e. The standard InChI is InChI=1S/C50H53N7O7/c1-31(2)48(58)53-36-11-7-32(8-12-36)34-21-38-27-51-42-25-46(44(61-4)23-40(42)49(59)56(38)29-34)63-19-6-20-64-47-26-43-41(24-45(47)62-5)50(60)57-30-35(22-39(57)28-52-43)33-9-13-37(14-10-33)55-17-15-54(3)16-18-55/h7-14,23-31,38-39H,6,15-22H2,1-5H3,(H,53,58)/t38-,39-/m0/s1. The number of aliphatic imine (C=N–C) groups is 2. The lowest BCUT2D eigenvalue weighted by Gasteiger charge is -2.34. The van der Waals surface area contributed by atoms with Crippen LogP contribution in [0.25, 0.3) is 11.1 Å². The Labute approximate surface area is 373 Å². The SMILES string of the molecule is COc1cc2c(cc1OCCCOc1cc3c(cc1OC)C(=O)N1C=C(c4ccc(N5CCN(C)CC5)cc4)C[C@H]1C=N3)N=C[C@@H]1CC(c3ccc(NC(=O)C(C)C)cc3)=CN1C2=O. The quantitative estimate of drug-likeness (QED) is 0.133. The number of amides is 3. The molecule has 5 aliphatic rings. The predicted molar refractivity (Wildman–Crippen MR) is 249 cm³/mol. The summed E-state index contributed by atoms with van der Waals surface area (Å²) in [5.74, 6) is 1.31. The fourth-order valence-corrected chi connectivity index (χ4v) is 8.57. The smallest absolute Gasteiger partial charge is 0.260 e. The van der Waals surface area contributed by atoms with Gasteiger partial charge in [0.25, 0.3) is 11.8 Å². The van der Waals surface area contributed by atoms with Crippen LogP contribution in [-0.2, 0) is 4.79 Å². The zero-order chi connectivity index (χ0) is 44.5. The summed E-state index contributed by atoms with van der Waals surface area (Å²) < 4.78 is 23.7. The number of carbonyl (C=O) groups excluding carboxylic acids is 3. The number of benzene rings is 4. The first-order valence-corrected chi connectivity index (χ1v) is 21.9. The van der Waals surface area contributed by atoms with Gasteiger partial charge in [0.15, 0.2) is 23.0 Å². The zero-order valence-corrected chi connectivity index (χ0v) is 36.9. The van der Waals surface area contributed by atoms with E-state index in [2.05, 4.69) is 46.4 Å². The van der Waals surface area contributed by atoms with Crippen LogP contribution < -0.4 is 29.2 Å². The number of likely N-dealkylation sites (N-methyl/N-ethyl adjacent to an activating group) is 1. The second-order valence-corrected chi connectivity index (χ2v) is 17.0. The third-order valence-corrected chi connectivity index (χ3v) is 12.4. The van der Waals surface area contributed by atoms with E-state index in [9.17, 15) is 14.4 Å². The van der Waals surface area contributed by atoms with Crippen molar-refractivity contribution in [2.75, 3.05) is 70.9 Å². The van der Waals surface area contributed by atoms with Gasteiger partial charge in [-0.2, -0.15) is 0 Å². The number of ether oxygens (including phenoxy) is 4. The van der Waals surface area contributed by atoms with Crippen molar-refractivity contribution >= 4 is 64.0 Å². The van der Waals surface area contributed by atoms with E-state index in [1.165, 1.54) is 12.8 Å². The molecular formula is C50H53N7O7. The molecular weight excluding hydrogens is 811 g/mol. The number of carbonyl (C=O) groups is 3. The highest BCUT2D eigenvalue weighted by Gasteiger charge is 2.35. The van der Waals surface area contributed by atoms with Crippen molar-refractivity contribution in [1.29, 1.82) is 0 Å². The van der Waals surface area contributed by atoms with Gasteiger partial charge in [0.05, 0.1) is 62.0 Å². The third-order valence-electron chi connectivity index (χ3n) is 12.4. The summed E-state index contributed by atoms with van der Waals surface area (Å²) in [7, 11) is 5.25. The Morgan fingerprint density at radius 1 is 0.688 bits per heavy atom. The van der Waals surface area contributed by atoms with Gasteiger partial charge in [-0.3, -0.25) is 24.4 Å². The Bertz CT molecular complexity index is 2580. The molecule has 0 aromatic heterocycles. The predicted octanol–water partition coefficient (Wildman–Crippen LogP) is 7.84. The summed E-state index contributed by atoms with van der Waals surface area (Å²) in [6, 6.07) is 22.7. The summed E-state index contributed by atoms with van der Waals surface area (Å²) >= 11 is 0. The molecule has 1 N–H and O–H groups in total. The van der Waals surface area contributed by atoms with E-state index in [1.807, 2.05) is 56.7 Å². The van der Waals surface area contributed by atoms with Crippen molar-refractivity contribution in [3.05, 3.63) is 107 Å². The summed E-state index contributed by atoms with van der Waals surface area (Å²) in [5, 5.41) is 2.91. The summed E-state index contributed by atoms with van der Waals surface area (Å²) in [5.41, 5.74) is 8.00. The third kappa shape index (κ3) is 8.57. The van der Waals surface area contributed by atoms with Crippen LogP contribution in [0.2, 0.25) is 0 Å². The molecule has 14 nitrogen and oxygen atoms in total. The van der Waals surface area contributed by atoms with Crippen molar-refractivity contribution in [3.8, 4) is 23.0 Å².